The highest BCUT2D eigenvalue weighted by atomic mass is 16.5. The van der Waals surface area contributed by atoms with E-state index in [1.165, 1.54) is 0 Å². The molecule has 3 rings (SSSR count). The van der Waals surface area contributed by atoms with Crippen molar-refractivity contribution >= 4 is 17.8 Å². The average Bonchev–Trinajstić information content (AvgIpc) is 3.18. The zero-order valence-corrected chi connectivity index (χ0v) is 18.9. The molecule has 1 fully saturated rings. The number of aliphatic imine (C=N–C) groups is 1. The lowest BCUT2D eigenvalue weighted by Crippen LogP contribution is -2.37. The third-order valence-corrected chi connectivity index (χ3v) is 5.81. The van der Waals surface area contributed by atoms with E-state index in [4.69, 9.17) is 15.5 Å². The lowest BCUT2D eigenvalue weighted by Gasteiger charge is -2.24. The molecule has 0 aliphatic carbocycles. The summed E-state index contributed by atoms with van der Waals surface area (Å²) in [6.07, 6.45) is 4.19. The quantitative estimate of drug-likeness (QED) is 0.460. The van der Waals surface area contributed by atoms with E-state index >= 15 is 0 Å². The first-order valence-electron chi connectivity index (χ1n) is 11.1. The first-order chi connectivity index (χ1) is 15.5. The van der Waals surface area contributed by atoms with Gasteiger partial charge in [-0.05, 0) is 48.1 Å². The van der Waals surface area contributed by atoms with Crippen LogP contribution in [-0.2, 0) is 16.0 Å². The molecule has 170 valence electrons. The van der Waals surface area contributed by atoms with Crippen LogP contribution in [-0.4, -0.2) is 48.2 Å². The number of aromatic hydroxyl groups is 1. The summed E-state index contributed by atoms with van der Waals surface area (Å²) in [5, 5.41) is 9.82. The van der Waals surface area contributed by atoms with E-state index < -0.39 is 6.17 Å². The Bertz CT molecular complexity index is 956. The number of phenols is 1. The summed E-state index contributed by atoms with van der Waals surface area (Å²) < 4.78 is 5.17. The van der Waals surface area contributed by atoms with Gasteiger partial charge < -0.3 is 20.5 Å². The maximum Gasteiger partial charge on any atom is 0.224 e. The molecule has 32 heavy (non-hydrogen) atoms. The van der Waals surface area contributed by atoms with E-state index in [1.54, 1.807) is 25.3 Å². The third kappa shape index (κ3) is 6.44. The molecule has 1 amide bonds. The van der Waals surface area contributed by atoms with Gasteiger partial charge in [0.1, 0.15) is 11.9 Å². The molecule has 0 saturated carbocycles. The number of nitrogens with two attached hydrogens (primary N) is 1. The summed E-state index contributed by atoms with van der Waals surface area (Å²) in [4.78, 5) is 19.8. The number of amides is 1. The van der Waals surface area contributed by atoms with Crippen molar-refractivity contribution in [3.8, 4) is 5.75 Å². The van der Waals surface area contributed by atoms with Crippen molar-refractivity contribution in [3.05, 3.63) is 71.3 Å². The topological polar surface area (TPSA) is 88.2 Å². The molecule has 0 aromatic heterocycles. The summed E-state index contributed by atoms with van der Waals surface area (Å²) in [7, 11) is 1.67. The second-order valence-electron chi connectivity index (χ2n) is 8.25. The maximum absolute atomic E-state index is 13.1. The largest absolute Gasteiger partial charge is 0.508 e. The van der Waals surface area contributed by atoms with Gasteiger partial charge in [0.2, 0.25) is 5.91 Å². The van der Waals surface area contributed by atoms with Crippen LogP contribution in [0.4, 0.5) is 0 Å². The number of likely N-dealkylation sites (tertiary alicyclic amines) is 1. The van der Waals surface area contributed by atoms with E-state index in [0.717, 1.165) is 29.5 Å². The predicted octanol–water partition coefficient (Wildman–Crippen LogP) is 4.00. The normalized spacial score (nSPS) is 18.8. The number of hydrogen-bond donors (Lipinski definition) is 2. The summed E-state index contributed by atoms with van der Waals surface area (Å²) in [6.45, 7) is 3.23. The van der Waals surface area contributed by atoms with Crippen molar-refractivity contribution in [2.45, 2.75) is 38.8 Å². The number of ether oxygens (including phenoxy) is 1. The minimum absolute atomic E-state index is 0.0545. The second-order valence-corrected chi connectivity index (χ2v) is 8.25. The van der Waals surface area contributed by atoms with Crippen LogP contribution in [0.15, 0.2) is 65.2 Å². The first-order valence-corrected chi connectivity index (χ1v) is 11.1. The molecule has 1 saturated heterocycles. The van der Waals surface area contributed by atoms with Gasteiger partial charge in [0.25, 0.3) is 0 Å². The number of phenolic OH excluding ortho intramolecular Hbond substituents is 1. The molecule has 6 nitrogen and oxygen atoms in total. The Morgan fingerprint density at radius 1 is 1.28 bits per heavy atom. The minimum Gasteiger partial charge on any atom is -0.508 e. The highest BCUT2D eigenvalue weighted by Crippen LogP contribution is 2.29. The van der Waals surface area contributed by atoms with Crippen molar-refractivity contribution in [1.29, 1.82) is 0 Å². The monoisotopic (exact) mass is 435 g/mol. The van der Waals surface area contributed by atoms with Gasteiger partial charge >= 0.3 is 0 Å². The standard InChI is InChI=1S/C26H33N3O3/c1-19(14-16-32-2)25(27)28-26-22(17-21-9-6-10-23(30)18-21)13-15-29(26)24(31)12-11-20-7-4-3-5-8-20/h3-10,17-19,26,30H,11-16H2,1-2H3,(H2,27,28)/b22-17+. The first kappa shape index (κ1) is 23.5. The van der Waals surface area contributed by atoms with Crippen LogP contribution in [0.1, 0.15) is 37.3 Å². The van der Waals surface area contributed by atoms with E-state index in [-0.39, 0.29) is 17.6 Å². The number of carbonyl (C=O) groups excluding carboxylic acids is 1. The van der Waals surface area contributed by atoms with Crippen LogP contribution in [0.3, 0.4) is 0 Å². The Balaban J connectivity index is 1.82. The molecule has 1 aliphatic rings. The molecule has 2 aromatic rings. The molecule has 1 aliphatic heterocycles. The van der Waals surface area contributed by atoms with E-state index in [0.29, 0.717) is 31.8 Å². The number of benzene rings is 2. The van der Waals surface area contributed by atoms with E-state index in [2.05, 4.69) is 0 Å². The van der Waals surface area contributed by atoms with Gasteiger partial charge in [0.15, 0.2) is 0 Å². The van der Waals surface area contributed by atoms with Crippen LogP contribution in [0.5, 0.6) is 5.75 Å². The van der Waals surface area contributed by atoms with Gasteiger partial charge in [-0.2, -0.15) is 0 Å². The Kier molecular flexibility index (Phi) is 8.45. The summed E-state index contributed by atoms with van der Waals surface area (Å²) in [5.74, 6) is 0.857. The van der Waals surface area contributed by atoms with Crippen molar-refractivity contribution in [1.82, 2.24) is 4.90 Å². The molecule has 2 unspecified atom stereocenters. The van der Waals surface area contributed by atoms with Crippen LogP contribution in [0.2, 0.25) is 0 Å². The van der Waals surface area contributed by atoms with Crippen LogP contribution in [0, 0.1) is 5.92 Å². The number of rotatable bonds is 9. The van der Waals surface area contributed by atoms with Crippen LogP contribution in [0.25, 0.3) is 6.08 Å². The van der Waals surface area contributed by atoms with Crippen LogP contribution >= 0.6 is 0 Å². The second kappa shape index (κ2) is 11.5. The number of nitrogens with zero attached hydrogens (tertiary/aromatic N) is 2. The molecule has 2 aromatic carbocycles. The molecule has 0 bridgehead atoms. The Morgan fingerprint density at radius 3 is 2.78 bits per heavy atom. The van der Waals surface area contributed by atoms with Gasteiger partial charge in [-0.25, -0.2) is 4.99 Å². The zero-order valence-electron chi connectivity index (χ0n) is 18.9. The molecule has 1 heterocycles. The highest BCUT2D eigenvalue weighted by molar-refractivity contribution is 5.84. The van der Waals surface area contributed by atoms with Gasteiger partial charge in [-0.15, -0.1) is 0 Å². The Hall–Kier alpha value is -3.12. The third-order valence-electron chi connectivity index (χ3n) is 5.81. The zero-order chi connectivity index (χ0) is 22.9. The number of carbonyl (C=O) groups is 1. The van der Waals surface area contributed by atoms with Gasteiger partial charge in [0.05, 0.1) is 5.84 Å². The number of aryl methyl sites for hydroxylation is 1. The summed E-state index contributed by atoms with van der Waals surface area (Å²) in [5.41, 5.74) is 9.37. The van der Waals surface area contributed by atoms with Gasteiger partial charge in [-0.3, -0.25) is 4.79 Å². The lowest BCUT2D eigenvalue weighted by molar-refractivity contribution is -0.131. The molecular formula is C26H33N3O3. The fourth-order valence-electron chi connectivity index (χ4n) is 3.84. The van der Waals surface area contributed by atoms with Crippen molar-refractivity contribution in [2.75, 3.05) is 20.3 Å². The molecule has 6 heteroatoms. The van der Waals surface area contributed by atoms with Gasteiger partial charge in [0, 0.05) is 32.6 Å². The Morgan fingerprint density at radius 2 is 2.06 bits per heavy atom. The fraction of sp³-hybridized carbons (Fsp3) is 0.385. The average molecular weight is 436 g/mol. The fourth-order valence-corrected chi connectivity index (χ4v) is 3.84. The Labute approximate surface area is 190 Å². The van der Waals surface area contributed by atoms with E-state index in [9.17, 15) is 9.90 Å². The maximum atomic E-state index is 13.1. The minimum atomic E-state index is -0.425. The number of hydrogen-bond acceptors (Lipinski definition) is 4. The smallest absolute Gasteiger partial charge is 0.224 e. The summed E-state index contributed by atoms with van der Waals surface area (Å²) >= 11 is 0. The highest BCUT2D eigenvalue weighted by Gasteiger charge is 2.32. The summed E-state index contributed by atoms with van der Waals surface area (Å²) in [6, 6.07) is 17.1. The molecular weight excluding hydrogens is 402 g/mol. The molecule has 0 spiro atoms. The molecule has 3 N–H and O–H groups in total. The number of amidine groups is 1. The predicted molar refractivity (Wildman–Crippen MR) is 128 cm³/mol. The van der Waals surface area contributed by atoms with Crippen molar-refractivity contribution < 1.29 is 14.6 Å². The van der Waals surface area contributed by atoms with Crippen molar-refractivity contribution in [2.24, 2.45) is 16.6 Å². The molecule has 0 radical (unpaired) electrons. The van der Waals surface area contributed by atoms with E-state index in [1.807, 2.05) is 54.3 Å². The molecule has 2 atom stereocenters. The SMILES string of the molecule is COCCC(C)C(N)=NC1/C(=C/c2cccc(O)c2)CCN1C(=O)CCc1ccccc1. The van der Waals surface area contributed by atoms with Crippen molar-refractivity contribution in [3.63, 3.8) is 0 Å². The van der Waals surface area contributed by atoms with Crippen LogP contribution < -0.4 is 5.73 Å². The lowest BCUT2D eigenvalue weighted by atomic mass is 10.1. The van der Waals surface area contributed by atoms with Gasteiger partial charge in [-0.1, -0.05) is 55.5 Å². The number of methoxy groups -OCH3 is 1.